The van der Waals surface area contributed by atoms with Crippen molar-refractivity contribution in [3.05, 3.63) is 40.4 Å². The van der Waals surface area contributed by atoms with Crippen LogP contribution in [0.15, 0.2) is 29.0 Å². The Labute approximate surface area is 126 Å². The number of nitrogens with one attached hydrogen (secondary N) is 1. The Kier molecular flexibility index (Phi) is 5.14. The van der Waals surface area contributed by atoms with Gasteiger partial charge in [-0.1, -0.05) is 0 Å². The van der Waals surface area contributed by atoms with Gasteiger partial charge in [0.2, 0.25) is 5.95 Å². The highest BCUT2D eigenvalue weighted by molar-refractivity contribution is 9.10. The van der Waals surface area contributed by atoms with Crippen LogP contribution in [0.5, 0.6) is 0 Å². The van der Waals surface area contributed by atoms with Gasteiger partial charge in [0.25, 0.3) is 0 Å². The summed E-state index contributed by atoms with van der Waals surface area (Å²) >= 11 is 3.18. The molecule has 20 heavy (non-hydrogen) atoms. The van der Waals surface area contributed by atoms with E-state index in [0.717, 1.165) is 18.5 Å². The number of nitrogens with zero attached hydrogens (tertiary/aromatic N) is 2. The normalized spacial score (nSPS) is 10.8. The van der Waals surface area contributed by atoms with Crippen LogP contribution in [0.1, 0.15) is 12.0 Å². The highest BCUT2D eigenvalue weighted by atomic mass is 79.9. The lowest BCUT2D eigenvalue weighted by Gasteiger charge is -2.12. The molecule has 1 aromatic carbocycles. The van der Waals surface area contributed by atoms with Crippen LogP contribution in [0.4, 0.5) is 16.0 Å². The third-order valence-corrected chi connectivity index (χ3v) is 3.58. The van der Waals surface area contributed by atoms with Crippen molar-refractivity contribution in [3.8, 4) is 0 Å². The quantitative estimate of drug-likeness (QED) is 0.810. The molecule has 0 atom stereocenters. The summed E-state index contributed by atoms with van der Waals surface area (Å²) in [7, 11) is 1.68. The molecule has 2 rings (SSSR count). The lowest BCUT2D eigenvalue weighted by molar-refractivity contribution is 0.190. The maximum atomic E-state index is 13.6. The van der Waals surface area contributed by atoms with Crippen molar-refractivity contribution in [1.29, 1.82) is 0 Å². The molecule has 0 aliphatic rings. The average molecular weight is 342 g/mol. The smallest absolute Gasteiger partial charge is 0.207 e. The van der Waals surface area contributed by atoms with Crippen molar-refractivity contribution < 1.29 is 9.13 Å². The monoisotopic (exact) mass is 341 g/mol. The summed E-state index contributed by atoms with van der Waals surface area (Å²) in [6.07, 6.45) is 4.51. The summed E-state index contributed by atoms with van der Waals surface area (Å²) in [4.78, 5) is 4.26. The summed E-state index contributed by atoms with van der Waals surface area (Å²) in [6.45, 7) is 3.42. The van der Waals surface area contributed by atoms with Crippen LogP contribution < -0.4 is 5.32 Å². The zero-order valence-electron chi connectivity index (χ0n) is 11.5. The average Bonchev–Trinajstić information content (AvgIpc) is 2.84. The number of benzene rings is 1. The molecule has 108 valence electrons. The van der Waals surface area contributed by atoms with Crippen LogP contribution in [0.25, 0.3) is 0 Å². The van der Waals surface area contributed by atoms with E-state index in [1.54, 1.807) is 19.4 Å². The molecule has 0 fully saturated rings. The maximum Gasteiger partial charge on any atom is 0.207 e. The van der Waals surface area contributed by atoms with Crippen LogP contribution in [0.2, 0.25) is 0 Å². The van der Waals surface area contributed by atoms with Crippen LogP contribution in [0, 0.1) is 12.7 Å². The van der Waals surface area contributed by atoms with Gasteiger partial charge >= 0.3 is 0 Å². The van der Waals surface area contributed by atoms with E-state index in [4.69, 9.17) is 4.74 Å². The fraction of sp³-hybridized carbons (Fsp3) is 0.357. The number of hydrogen-bond donors (Lipinski definition) is 1. The molecule has 6 heteroatoms. The largest absolute Gasteiger partial charge is 0.385 e. The summed E-state index contributed by atoms with van der Waals surface area (Å²) in [5, 5.41) is 3.17. The molecule has 2 aromatic rings. The topological polar surface area (TPSA) is 39.1 Å². The summed E-state index contributed by atoms with van der Waals surface area (Å²) in [5.41, 5.74) is 1.66. The van der Waals surface area contributed by atoms with E-state index in [2.05, 4.69) is 26.2 Å². The maximum absolute atomic E-state index is 13.6. The number of aromatic nitrogens is 2. The number of rotatable bonds is 6. The van der Waals surface area contributed by atoms with Gasteiger partial charge in [0.1, 0.15) is 5.82 Å². The zero-order chi connectivity index (χ0) is 14.5. The third-order valence-electron chi connectivity index (χ3n) is 2.98. The van der Waals surface area contributed by atoms with Crippen LogP contribution in [0.3, 0.4) is 0 Å². The van der Waals surface area contributed by atoms with Crippen molar-refractivity contribution in [1.82, 2.24) is 9.55 Å². The van der Waals surface area contributed by atoms with Crippen molar-refractivity contribution in [2.45, 2.75) is 19.9 Å². The molecule has 0 radical (unpaired) electrons. The minimum Gasteiger partial charge on any atom is -0.385 e. The molecular formula is C14H17BrFN3O. The van der Waals surface area contributed by atoms with Gasteiger partial charge in [-0.2, -0.15) is 0 Å². The Hall–Kier alpha value is -1.40. The lowest BCUT2D eigenvalue weighted by atomic mass is 10.2. The Balaban J connectivity index is 2.14. The van der Waals surface area contributed by atoms with E-state index in [1.807, 2.05) is 17.7 Å². The number of methoxy groups -OCH3 is 1. The first-order chi connectivity index (χ1) is 9.61. The molecule has 0 aliphatic heterocycles. The molecule has 0 bridgehead atoms. The van der Waals surface area contributed by atoms with E-state index in [0.29, 0.717) is 22.7 Å². The summed E-state index contributed by atoms with van der Waals surface area (Å²) in [6, 6.07) is 3.21. The van der Waals surface area contributed by atoms with Crippen molar-refractivity contribution in [2.75, 3.05) is 19.0 Å². The van der Waals surface area contributed by atoms with Gasteiger partial charge in [0.05, 0.1) is 4.47 Å². The van der Waals surface area contributed by atoms with Gasteiger partial charge in [-0.25, -0.2) is 9.37 Å². The van der Waals surface area contributed by atoms with E-state index in [-0.39, 0.29) is 5.82 Å². The van der Waals surface area contributed by atoms with Gasteiger partial charge in [-0.15, -0.1) is 0 Å². The van der Waals surface area contributed by atoms with Gasteiger partial charge in [0, 0.05) is 38.3 Å². The predicted octanol–water partition coefficient (Wildman–Crippen LogP) is 3.87. The van der Waals surface area contributed by atoms with Crippen LogP contribution in [-0.2, 0) is 11.3 Å². The molecule has 0 saturated carbocycles. The number of imidazole rings is 1. The second kappa shape index (κ2) is 6.85. The second-order valence-corrected chi connectivity index (χ2v) is 5.35. The van der Waals surface area contributed by atoms with Gasteiger partial charge in [-0.05, 0) is 47.0 Å². The van der Waals surface area contributed by atoms with E-state index in [1.165, 1.54) is 6.07 Å². The molecule has 0 aliphatic carbocycles. The first-order valence-electron chi connectivity index (χ1n) is 6.34. The van der Waals surface area contributed by atoms with E-state index >= 15 is 0 Å². The number of halogens is 2. The highest BCUT2D eigenvalue weighted by Gasteiger charge is 2.08. The molecule has 4 nitrogen and oxygen atoms in total. The molecule has 1 aromatic heterocycles. The van der Waals surface area contributed by atoms with Gasteiger partial charge in [-0.3, -0.25) is 0 Å². The van der Waals surface area contributed by atoms with Crippen molar-refractivity contribution in [2.24, 2.45) is 0 Å². The van der Waals surface area contributed by atoms with Gasteiger partial charge < -0.3 is 14.6 Å². The Morgan fingerprint density at radius 2 is 2.25 bits per heavy atom. The standard InChI is InChI=1S/C14H17BrFN3O/c1-10-8-11(15)12(16)9-13(10)18-14-17-4-6-19(14)5-3-7-20-2/h4,6,8-9H,3,5,7H2,1-2H3,(H,17,18). The first-order valence-corrected chi connectivity index (χ1v) is 7.14. The molecule has 0 unspecified atom stereocenters. The van der Waals surface area contributed by atoms with Crippen molar-refractivity contribution >= 4 is 27.6 Å². The molecular weight excluding hydrogens is 325 g/mol. The molecule has 0 saturated heterocycles. The fourth-order valence-corrected chi connectivity index (χ4v) is 2.35. The number of hydrogen-bond acceptors (Lipinski definition) is 3. The van der Waals surface area contributed by atoms with E-state index < -0.39 is 0 Å². The Bertz CT molecular complexity index is 586. The van der Waals surface area contributed by atoms with Crippen molar-refractivity contribution in [3.63, 3.8) is 0 Å². The van der Waals surface area contributed by atoms with Gasteiger partial charge in [0.15, 0.2) is 0 Å². The molecule has 1 N–H and O–H groups in total. The molecule has 1 heterocycles. The second-order valence-electron chi connectivity index (χ2n) is 4.50. The van der Waals surface area contributed by atoms with Crippen LogP contribution in [-0.4, -0.2) is 23.3 Å². The number of aryl methyl sites for hydroxylation is 2. The fourth-order valence-electron chi connectivity index (χ4n) is 1.89. The lowest BCUT2D eigenvalue weighted by Crippen LogP contribution is -2.06. The highest BCUT2D eigenvalue weighted by Crippen LogP contribution is 2.26. The zero-order valence-corrected chi connectivity index (χ0v) is 13.1. The Morgan fingerprint density at radius 1 is 1.45 bits per heavy atom. The minimum absolute atomic E-state index is 0.296. The summed E-state index contributed by atoms with van der Waals surface area (Å²) < 4.78 is 21.1. The third kappa shape index (κ3) is 3.58. The summed E-state index contributed by atoms with van der Waals surface area (Å²) in [5.74, 6) is 0.404. The molecule has 0 spiro atoms. The SMILES string of the molecule is COCCCn1ccnc1Nc1cc(F)c(Br)cc1C. The predicted molar refractivity (Wildman–Crippen MR) is 80.8 cm³/mol. The molecule has 0 amide bonds. The number of anilines is 2. The number of ether oxygens (including phenoxy) is 1. The Morgan fingerprint density at radius 3 is 3.00 bits per heavy atom. The minimum atomic E-state index is -0.296. The van der Waals surface area contributed by atoms with E-state index in [9.17, 15) is 4.39 Å². The first kappa shape index (κ1) is 15.0. The van der Waals surface area contributed by atoms with Crippen LogP contribution >= 0.6 is 15.9 Å².